The third-order valence-electron chi connectivity index (χ3n) is 3.65. The predicted molar refractivity (Wildman–Crippen MR) is 79.0 cm³/mol. The van der Waals surface area contributed by atoms with Crippen molar-refractivity contribution in [2.24, 2.45) is 5.73 Å². The highest BCUT2D eigenvalue weighted by molar-refractivity contribution is 5.43. The van der Waals surface area contributed by atoms with E-state index in [2.05, 4.69) is 10.00 Å². The average Bonchev–Trinajstić information content (AvgIpc) is 2.98. The summed E-state index contributed by atoms with van der Waals surface area (Å²) in [6.07, 6.45) is 4.86. The average molecular weight is 280 g/mol. The van der Waals surface area contributed by atoms with Gasteiger partial charge in [0.2, 0.25) is 0 Å². The standard InChI is InChI=1S/C14H24N4O2/c1-2-20-13(10-15)5-8-18-14(19)9-12(11-16-18)17-6-3-4-7-17/h9,11,13H,2-8,10,15H2,1H3. The Hall–Kier alpha value is -1.40. The van der Waals surface area contributed by atoms with Crippen LogP contribution in [0, 0.1) is 0 Å². The lowest BCUT2D eigenvalue weighted by Crippen LogP contribution is -2.30. The topological polar surface area (TPSA) is 73.4 Å². The molecule has 6 heteroatoms. The number of hydrogen-bond acceptors (Lipinski definition) is 5. The molecule has 1 aliphatic rings. The zero-order valence-electron chi connectivity index (χ0n) is 12.1. The fourth-order valence-corrected chi connectivity index (χ4v) is 2.51. The summed E-state index contributed by atoms with van der Waals surface area (Å²) in [7, 11) is 0. The summed E-state index contributed by atoms with van der Waals surface area (Å²) in [6.45, 7) is 5.63. The summed E-state index contributed by atoms with van der Waals surface area (Å²) in [5.74, 6) is 0. The van der Waals surface area contributed by atoms with Crippen LogP contribution in [-0.2, 0) is 11.3 Å². The Morgan fingerprint density at radius 2 is 2.20 bits per heavy atom. The fraction of sp³-hybridized carbons (Fsp3) is 0.714. The third kappa shape index (κ3) is 3.80. The van der Waals surface area contributed by atoms with Crippen LogP contribution in [0.2, 0.25) is 0 Å². The number of aromatic nitrogens is 2. The molecular formula is C14H24N4O2. The molecular weight excluding hydrogens is 256 g/mol. The molecule has 0 radical (unpaired) electrons. The molecule has 6 nitrogen and oxygen atoms in total. The van der Waals surface area contributed by atoms with Crippen molar-refractivity contribution in [3.8, 4) is 0 Å². The van der Waals surface area contributed by atoms with E-state index in [-0.39, 0.29) is 11.7 Å². The summed E-state index contributed by atoms with van der Waals surface area (Å²) >= 11 is 0. The molecule has 2 heterocycles. The van der Waals surface area contributed by atoms with Gasteiger partial charge >= 0.3 is 0 Å². The van der Waals surface area contributed by atoms with E-state index in [9.17, 15) is 4.79 Å². The van der Waals surface area contributed by atoms with E-state index in [0.717, 1.165) is 18.8 Å². The second-order valence-corrected chi connectivity index (χ2v) is 5.07. The van der Waals surface area contributed by atoms with E-state index in [1.807, 2.05) is 6.92 Å². The highest BCUT2D eigenvalue weighted by Gasteiger charge is 2.14. The lowest BCUT2D eigenvalue weighted by molar-refractivity contribution is 0.0589. The van der Waals surface area contributed by atoms with Crippen molar-refractivity contribution in [2.45, 2.75) is 38.8 Å². The first kappa shape index (κ1) is 15.0. The van der Waals surface area contributed by atoms with Crippen molar-refractivity contribution in [2.75, 3.05) is 31.1 Å². The van der Waals surface area contributed by atoms with Gasteiger partial charge in [-0.15, -0.1) is 0 Å². The first-order valence-electron chi connectivity index (χ1n) is 7.38. The molecule has 20 heavy (non-hydrogen) atoms. The molecule has 0 saturated carbocycles. The molecule has 0 aliphatic carbocycles. The maximum Gasteiger partial charge on any atom is 0.268 e. The van der Waals surface area contributed by atoms with E-state index in [0.29, 0.717) is 26.1 Å². The minimum atomic E-state index is -0.0540. The Morgan fingerprint density at radius 3 is 2.80 bits per heavy atom. The zero-order chi connectivity index (χ0) is 14.4. The SMILES string of the molecule is CCOC(CN)CCn1ncc(N2CCCC2)cc1=O. The molecule has 0 amide bonds. The lowest BCUT2D eigenvalue weighted by atomic mass is 10.2. The van der Waals surface area contributed by atoms with E-state index < -0.39 is 0 Å². The summed E-state index contributed by atoms with van der Waals surface area (Å²) in [6, 6.07) is 1.68. The maximum atomic E-state index is 12.1. The molecule has 1 fully saturated rings. The second kappa shape index (κ2) is 7.40. The smallest absolute Gasteiger partial charge is 0.268 e. The Labute approximate surface area is 119 Å². The fourth-order valence-electron chi connectivity index (χ4n) is 2.51. The molecule has 1 aromatic rings. The molecule has 1 atom stereocenters. The normalized spacial score (nSPS) is 16.6. The lowest BCUT2D eigenvalue weighted by Gasteiger charge is -2.18. The van der Waals surface area contributed by atoms with Crippen LogP contribution < -0.4 is 16.2 Å². The Morgan fingerprint density at radius 1 is 1.45 bits per heavy atom. The number of aryl methyl sites for hydroxylation is 1. The van der Waals surface area contributed by atoms with Gasteiger partial charge in [0.25, 0.3) is 5.56 Å². The second-order valence-electron chi connectivity index (χ2n) is 5.07. The third-order valence-corrected chi connectivity index (χ3v) is 3.65. The van der Waals surface area contributed by atoms with Gasteiger partial charge < -0.3 is 15.4 Å². The van der Waals surface area contributed by atoms with Crippen LogP contribution in [0.15, 0.2) is 17.1 Å². The molecule has 2 rings (SSSR count). The van der Waals surface area contributed by atoms with Gasteiger partial charge in [0, 0.05) is 38.9 Å². The number of anilines is 1. The van der Waals surface area contributed by atoms with Crippen LogP contribution >= 0.6 is 0 Å². The van der Waals surface area contributed by atoms with Gasteiger partial charge in [0.05, 0.1) is 18.0 Å². The van der Waals surface area contributed by atoms with Crippen LogP contribution in [0.4, 0.5) is 5.69 Å². The van der Waals surface area contributed by atoms with Gasteiger partial charge in [0.15, 0.2) is 0 Å². The molecule has 1 saturated heterocycles. The minimum Gasteiger partial charge on any atom is -0.377 e. The Kier molecular flexibility index (Phi) is 5.55. The number of ether oxygens (including phenoxy) is 1. The van der Waals surface area contributed by atoms with Gasteiger partial charge in [-0.25, -0.2) is 4.68 Å². The van der Waals surface area contributed by atoms with Crippen molar-refractivity contribution in [1.29, 1.82) is 0 Å². The Balaban J connectivity index is 1.97. The number of rotatable bonds is 7. The van der Waals surface area contributed by atoms with E-state index >= 15 is 0 Å². The first-order valence-corrected chi connectivity index (χ1v) is 7.38. The summed E-state index contributed by atoms with van der Waals surface area (Å²) < 4.78 is 6.97. The molecule has 112 valence electrons. The molecule has 0 bridgehead atoms. The van der Waals surface area contributed by atoms with Gasteiger partial charge in [0.1, 0.15) is 0 Å². The summed E-state index contributed by atoms with van der Waals surface area (Å²) in [4.78, 5) is 14.3. The molecule has 1 aromatic heterocycles. The zero-order valence-corrected chi connectivity index (χ0v) is 12.1. The largest absolute Gasteiger partial charge is 0.377 e. The van der Waals surface area contributed by atoms with Crippen molar-refractivity contribution in [3.63, 3.8) is 0 Å². The van der Waals surface area contributed by atoms with Crippen LogP contribution in [0.25, 0.3) is 0 Å². The van der Waals surface area contributed by atoms with Crippen LogP contribution in [0.1, 0.15) is 26.2 Å². The number of nitrogens with two attached hydrogens (primary N) is 1. The van der Waals surface area contributed by atoms with E-state index in [4.69, 9.17) is 10.5 Å². The van der Waals surface area contributed by atoms with Gasteiger partial charge in [-0.05, 0) is 26.2 Å². The number of nitrogens with zero attached hydrogens (tertiary/aromatic N) is 3. The van der Waals surface area contributed by atoms with Crippen molar-refractivity contribution < 1.29 is 4.74 Å². The summed E-state index contributed by atoms with van der Waals surface area (Å²) in [5.41, 5.74) is 6.51. The van der Waals surface area contributed by atoms with E-state index in [1.165, 1.54) is 17.5 Å². The van der Waals surface area contributed by atoms with E-state index in [1.54, 1.807) is 12.3 Å². The van der Waals surface area contributed by atoms with Crippen molar-refractivity contribution in [3.05, 3.63) is 22.6 Å². The van der Waals surface area contributed by atoms with Gasteiger partial charge in [-0.3, -0.25) is 4.79 Å². The molecule has 1 aliphatic heterocycles. The Bertz CT molecular complexity index is 468. The molecule has 1 unspecified atom stereocenters. The van der Waals surface area contributed by atoms with Crippen LogP contribution in [0.3, 0.4) is 0 Å². The highest BCUT2D eigenvalue weighted by Crippen LogP contribution is 2.16. The molecule has 0 spiro atoms. The first-order chi connectivity index (χ1) is 9.74. The van der Waals surface area contributed by atoms with Crippen LogP contribution in [0.5, 0.6) is 0 Å². The van der Waals surface area contributed by atoms with Gasteiger partial charge in [-0.1, -0.05) is 0 Å². The quantitative estimate of drug-likeness (QED) is 0.791. The maximum absolute atomic E-state index is 12.1. The summed E-state index contributed by atoms with van der Waals surface area (Å²) in [5, 5.41) is 4.26. The minimum absolute atomic E-state index is 0.00745. The van der Waals surface area contributed by atoms with Crippen molar-refractivity contribution >= 4 is 5.69 Å². The van der Waals surface area contributed by atoms with Crippen molar-refractivity contribution in [1.82, 2.24) is 9.78 Å². The molecule has 2 N–H and O–H groups in total. The molecule has 0 aromatic carbocycles. The monoisotopic (exact) mass is 280 g/mol. The van der Waals surface area contributed by atoms with Gasteiger partial charge in [-0.2, -0.15) is 5.10 Å². The predicted octanol–water partition coefficient (Wildman–Crippen LogP) is 0.597. The number of hydrogen-bond donors (Lipinski definition) is 1. The highest BCUT2D eigenvalue weighted by atomic mass is 16.5. The van der Waals surface area contributed by atoms with Crippen LogP contribution in [-0.4, -0.2) is 42.1 Å².